The smallest absolute Gasteiger partial charge is 0.338 e. The second-order valence-corrected chi connectivity index (χ2v) is 7.57. The predicted octanol–water partition coefficient (Wildman–Crippen LogP) is 4.84. The first-order valence-electron chi connectivity index (χ1n) is 10.8. The molecule has 0 atom stereocenters. The number of ether oxygens (including phenoxy) is 1. The Labute approximate surface area is 177 Å². The lowest BCUT2D eigenvalue weighted by atomic mass is 10.1. The molecule has 1 aliphatic rings. The zero-order valence-corrected chi connectivity index (χ0v) is 17.9. The minimum absolute atomic E-state index is 0.0228. The van der Waals surface area contributed by atoms with E-state index >= 15 is 0 Å². The van der Waals surface area contributed by atoms with Crippen LogP contribution in [0.15, 0.2) is 18.2 Å². The van der Waals surface area contributed by atoms with Gasteiger partial charge in [-0.15, -0.1) is 0 Å². The van der Waals surface area contributed by atoms with Crippen LogP contribution in [0, 0.1) is 0 Å². The first-order chi connectivity index (χ1) is 14.5. The number of fused-ring (bicyclic) bond motifs is 1. The zero-order valence-electron chi connectivity index (χ0n) is 17.9. The van der Waals surface area contributed by atoms with Gasteiger partial charge >= 0.3 is 11.9 Å². The first-order valence-corrected chi connectivity index (χ1v) is 10.8. The Morgan fingerprint density at radius 1 is 0.833 bits per heavy atom. The summed E-state index contributed by atoms with van der Waals surface area (Å²) in [6.07, 6.45) is 11.9. The summed E-state index contributed by atoms with van der Waals surface area (Å²) in [6, 6.07) is 4.11. The van der Waals surface area contributed by atoms with E-state index in [-0.39, 0.29) is 16.7 Å². The fourth-order valence-corrected chi connectivity index (χ4v) is 3.39. The second-order valence-electron chi connectivity index (χ2n) is 7.57. The van der Waals surface area contributed by atoms with E-state index in [1.165, 1.54) is 63.1 Å². The molecule has 7 heteroatoms. The van der Waals surface area contributed by atoms with Crippen LogP contribution >= 0.6 is 0 Å². The summed E-state index contributed by atoms with van der Waals surface area (Å²) in [4.78, 5) is 52.3. The number of hydroxylamine groups is 2. The first kappa shape index (κ1) is 23.6. The summed E-state index contributed by atoms with van der Waals surface area (Å²) in [5.74, 6) is -2.81. The van der Waals surface area contributed by atoms with Gasteiger partial charge in [-0.1, -0.05) is 69.8 Å². The number of nitrogens with zero attached hydrogens (tertiary/aromatic N) is 1. The molecular formula is C23H31NO6. The lowest BCUT2D eigenvalue weighted by Crippen LogP contribution is -2.31. The number of amides is 2. The lowest BCUT2D eigenvalue weighted by Gasteiger charge is -2.10. The normalized spacial score (nSPS) is 12.8. The van der Waals surface area contributed by atoms with Crippen molar-refractivity contribution >= 4 is 23.8 Å². The standard InChI is InChI=1S/C23H31NO6/c1-3-4-5-6-7-8-9-10-11-12-15-29-23(28)18-13-14-19-20(16-18)22(27)24(21(19)26)30-17(2)25/h13-14,16H,3-12,15H2,1-2H3. The zero-order chi connectivity index (χ0) is 21.9. The highest BCUT2D eigenvalue weighted by Gasteiger charge is 2.39. The molecule has 0 spiro atoms. The number of carbonyl (C=O) groups is 4. The summed E-state index contributed by atoms with van der Waals surface area (Å²) in [6.45, 7) is 3.63. The van der Waals surface area contributed by atoms with Crippen molar-refractivity contribution in [3.05, 3.63) is 34.9 Å². The molecule has 1 aliphatic heterocycles. The Kier molecular flexibility index (Phi) is 9.51. The number of rotatable bonds is 13. The van der Waals surface area contributed by atoms with Crippen LogP contribution in [0.25, 0.3) is 0 Å². The third-order valence-corrected chi connectivity index (χ3v) is 5.04. The van der Waals surface area contributed by atoms with E-state index in [0.717, 1.165) is 26.2 Å². The van der Waals surface area contributed by atoms with Crippen molar-refractivity contribution in [2.75, 3.05) is 6.61 Å². The van der Waals surface area contributed by atoms with Gasteiger partial charge in [0, 0.05) is 6.92 Å². The molecule has 164 valence electrons. The number of esters is 1. The van der Waals surface area contributed by atoms with E-state index in [9.17, 15) is 19.2 Å². The Morgan fingerprint density at radius 2 is 1.40 bits per heavy atom. The molecule has 0 unspecified atom stereocenters. The summed E-state index contributed by atoms with van der Waals surface area (Å²) >= 11 is 0. The average Bonchev–Trinajstić information content (AvgIpc) is 2.96. The summed E-state index contributed by atoms with van der Waals surface area (Å²) < 4.78 is 5.28. The summed E-state index contributed by atoms with van der Waals surface area (Å²) in [5, 5.41) is 0.409. The van der Waals surface area contributed by atoms with Gasteiger partial charge in [-0.2, -0.15) is 0 Å². The number of unbranched alkanes of at least 4 members (excludes halogenated alkanes) is 9. The predicted molar refractivity (Wildman–Crippen MR) is 111 cm³/mol. The molecule has 1 aromatic rings. The Morgan fingerprint density at radius 3 is 2.00 bits per heavy atom. The molecule has 0 aromatic heterocycles. The molecular weight excluding hydrogens is 386 g/mol. The number of benzene rings is 1. The third kappa shape index (κ3) is 6.68. The van der Waals surface area contributed by atoms with Crippen LogP contribution < -0.4 is 0 Å². The monoisotopic (exact) mass is 417 g/mol. The Hall–Kier alpha value is -2.70. The van der Waals surface area contributed by atoms with Gasteiger partial charge in [0.15, 0.2) is 0 Å². The van der Waals surface area contributed by atoms with E-state index in [2.05, 4.69) is 11.8 Å². The van der Waals surface area contributed by atoms with Gasteiger partial charge in [0.05, 0.1) is 23.3 Å². The number of carbonyl (C=O) groups excluding carboxylic acids is 4. The molecule has 0 saturated heterocycles. The molecule has 1 heterocycles. The van der Waals surface area contributed by atoms with Crippen LogP contribution in [-0.4, -0.2) is 35.4 Å². The lowest BCUT2D eigenvalue weighted by molar-refractivity contribution is -0.165. The van der Waals surface area contributed by atoms with Crippen LogP contribution in [0.1, 0.15) is 109 Å². The molecule has 2 amide bonds. The van der Waals surface area contributed by atoms with Gasteiger partial charge in [-0.3, -0.25) is 9.59 Å². The van der Waals surface area contributed by atoms with Crippen molar-refractivity contribution in [3.8, 4) is 0 Å². The van der Waals surface area contributed by atoms with Gasteiger partial charge in [-0.05, 0) is 24.6 Å². The van der Waals surface area contributed by atoms with E-state index < -0.39 is 23.8 Å². The van der Waals surface area contributed by atoms with E-state index in [0.29, 0.717) is 11.7 Å². The minimum atomic E-state index is -0.777. The van der Waals surface area contributed by atoms with Crippen LogP contribution in [0.4, 0.5) is 0 Å². The fourth-order valence-electron chi connectivity index (χ4n) is 3.39. The van der Waals surface area contributed by atoms with Crippen LogP contribution in [0.2, 0.25) is 0 Å². The molecule has 0 saturated carbocycles. The van der Waals surface area contributed by atoms with Gasteiger partial charge in [0.2, 0.25) is 0 Å². The highest BCUT2D eigenvalue weighted by atomic mass is 16.7. The van der Waals surface area contributed by atoms with E-state index in [1.807, 2.05) is 0 Å². The van der Waals surface area contributed by atoms with Crippen LogP contribution in [-0.2, 0) is 14.4 Å². The van der Waals surface area contributed by atoms with Crippen molar-refractivity contribution in [2.45, 2.75) is 78.1 Å². The number of hydrogen-bond donors (Lipinski definition) is 0. The second kappa shape index (κ2) is 12.1. The van der Waals surface area contributed by atoms with Crippen LogP contribution in [0.5, 0.6) is 0 Å². The van der Waals surface area contributed by atoms with Gasteiger partial charge in [-0.25, -0.2) is 9.59 Å². The van der Waals surface area contributed by atoms with Gasteiger partial charge in [0.25, 0.3) is 11.8 Å². The van der Waals surface area contributed by atoms with Gasteiger partial charge < -0.3 is 9.57 Å². The Balaban J connectivity index is 1.70. The SMILES string of the molecule is CCCCCCCCCCCCOC(=O)c1ccc2c(c1)C(=O)N(OC(C)=O)C2=O. The van der Waals surface area contributed by atoms with E-state index in [1.54, 1.807) is 0 Å². The minimum Gasteiger partial charge on any atom is -0.462 e. The van der Waals surface area contributed by atoms with E-state index in [4.69, 9.17) is 4.74 Å². The maximum Gasteiger partial charge on any atom is 0.338 e. The van der Waals surface area contributed by atoms with Crippen molar-refractivity contribution in [3.63, 3.8) is 0 Å². The van der Waals surface area contributed by atoms with Gasteiger partial charge in [0.1, 0.15) is 0 Å². The highest BCUT2D eigenvalue weighted by Crippen LogP contribution is 2.24. The number of hydrogen-bond acceptors (Lipinski definition) is 6. The quantitative estimate of drug-likeness (QED) is 0.259. The number of imide groups is 1. The third-order valence-electron chi connectivity index (χ3n) is 5.04. The molecule has 0 bridgehead atoms. The molecule has 1 aromatic carbocycles. The average molecular weight is 418 g/mol. The molecule has 7 nitrogen and oxygen atoms in total. The molecule has 30 heavy (non-hydrogen) atoms. The van der Waals surface area contributed by atoms with Crippen molar-refractivity contribution in [1.82, 2.24) is 5.06 Å². The summed E-state index contributed by atoms with van der Waals surface area (Å²) in [5.41, 5.74) is 0.300. The molecule has 0 radical (unpaired) electrons. The topological polar surface area (TPSA) is 90.0 Å². The van der Waals surface area contributed by atoms with Crippen molar-refractivity contribution < 1.29 is 28.8 Å². The largest absolute Gasteiger partial charge is 0.462 e. The fraction of sp³-hybridized carbons (Fsp3) is 0.565. The maximum atomic E-state index is 12.3. The highest BCUT2D eigenvalue weighted by molar-refractivity contribution is 6.21. The molecule has 0 aliphatic carbocycles. The molecule has 0 fully saturated rings. The van der Waals surface area contributed by atoms with Crippen molar-refractivity contribution in [1.29, 1.82) is 0 Å². The summed E-state index contributed by atoms with van der Waals surface area (Å²) in [7, 11) is 0. The maximum absolute atomic E-state index is 12.3. The van der Waals surface area contributed by atoms with Crippen LogP contribution in [0.3, 0.4) is 0 Å². The molecule has 0 N–H and O–H groups in total. The Bertz CT molecular complexity index is 773. The van der Waals surface area contributed by atoms with Crippen molar-refractivity contribution in [2.24, 2.45) is 0 Å². The molecule has 2 rings (SSSR count).